The van der Waals surface area contributed by atoms with Crippen LogP contribution in [-0.2, 0) is 5.41 Å². The molecule has 0 aromatic heterocycles. The molecule has 0 aliphatic heterocycles. The summed E-state index contributed by atoms with van der Waals surface area (Å²) in [4.78, 5) is 0. The highest BCUT2D eigenvalue weighted by Gasteiger charge is 2.52. The molecule has 228 valence electrons. The van der Waals surface area contributed by atoms with E-state index < -0.39 is 0 Å². The van der Waals surface area contributed by atoms with E-state index in [1.165, 1.54) is 125 Å². The Morgan fingerprint density at radius 2 is 0.771 bits per heavy atom. The van der Waals surface area contributed by atoms with Gasteiger partial charge in [0.15, 0.2) is 0 Å². The molecule has 0 radical (unpaired) electrons. The van der Waals surface area contributed by atoms with E-state index in [4.69, 9.17) is 0 Å². The molecule has 9 aromatic rings. The third kappa shape index (κ3) is 3.36. The van der Waals surface area contributed by atoms with E-state index in [9.17, 15) is 0 Å². The second-order valence-corrected chi connectivity index (χ2v) is 15.9. The minimum Gasteiger partial charge on any atom is -0.0613 e. The van der Waals surface area contributed by atoms with Crippen LogP contribution in [0.15, 0.2) is 127 Å². The SMILES string of the molecule is c1cc(-c2ccc3ccc4cccc5ccc2c3c45)c(-c2ccc3ccc4cccc5ccc2c3c45)c(C23CC4CC(CC(C4)C2)C3)c1. The molecule has 0 nitrogen and oxygen atoms in total. The average Bonchev–Trinajstić information content (AvgIpc) is 3.12. The summed E-state index contributed by atoms with van der Waals surface area (Å²) in [5, 5.41) is 16.4. The van der Waals surface area contributed by atoms with Gasteiger partial charge in [-0.15, -0.1) is 0 Å². The zero-order valence-corrected chi connectivity index (χ0v) is 27.1. The zero-order chi connectivity index (χ0) is 31.1. The molecule has 4 saturated carbocycles. The molecule has 13 rings (SSSR count). The Bertz CT molecular complexity index is 2690. The molecule has 0 heterocycles. The number of rotatable bonds is 3. The molecule has 48 heavy (non-hydrogen) atoms. The first kappa shape index (κ1) is 26.1. The van der Waals surface area contributed by atoms with Crippen LogP contribution in [-0.4, -0.2) is 0 Å². The van der Waals surface area contributed by atoms with Gasteiger partial charge in [0.05, 0.1) is 0 Å². The Morgan fingerprint density at radius 1 is 0.354 bits per heavy atom. The predicted octanol–water partition coefficient (Wildman–Crippen LogP) is 13.3. The summed E-state index contributed by atoms with van der Waals surface area (Å²) in [5.41, 5.74) is 7.57. The monoisotopic (exact) mass is 612 g/mol. The van der Waals surface area contributed by atoms with Gasteiger partial charge in [0.2, 0.25) is 0 Å². The van der Waals surface area contributed by atoms with Gasteiger partial charge in [-0.1, -0.05) is 127 Å². The summed E-state index contributed by atoms with van der Waals surface area (Å²) < 4.78 is 0. The lowest BCUT2D eigenvalue weighted by Gasteiger charge is -2.57. The van der Waals surface area contributed by atoms with E-state index in [0.717, 1.165) is 17.8 Å². The molecule has 0 saturated heterocycles. The topological polar surface area (TPSA) is 0 Å². The van der Waals surface area contributed by atoms with Crippen molar-refractivity contribution in [3.05, 3.63) is 133 Å². The van der Waals surface area contributed by atoms with E-state index in [-0.39, 0.29) is 5.41 Å². The smallest absolute Gasteiger partial charge is 0.00206 e. The fraction of sp³-hybridized carbons (Fsp3) is 0.208. The van der Waals surface area contributed by atoms with E-state index in [0.29, 0.717) is 0 Å². The van der Waals surface area contributed by atoms with Gasteiger partial charge in [0.1, 0.15) is 0 Å². The van der Waals surface area contributed by atoms with Gasteiger partial charge in [0.25, 0.3) is 0 Å². The van der Waals surface area contributed by atoms with Crippen LogP contribution in [0, 0.1) is 17.8 Å². The summed E-state index contributed by atoms with van der Waals surface area (Å²) in [6, 6.07) is 49.5. The number of hydrogen-bond donors (Lipinski definition) is 0. The van der Waals surface area contributed by atoms with Crippen LogP contribution in [0.4, 0.5) is 0 Å². The molecular weight excluding hydrogens is 577 g/mol. The van der Waals surface area contributed by atoms with Gasteiger partial charge in [-0.2, -0.15) is 0 Å². The van der Waals surface area contributed by atoms with Crippen molar-refractivity contribution in [2.75, 3.05) is 0 Å². The lowest BCUT2D eigenvalue weighted by atomic mass is 9.47. The van der Waals surface area contributed by atoms with Crippen LogP contribution in [0.5, 0.6) is 0 Å². The summed E-state index contributed by atoms with van der Waals surface area (Å²) in [7, 11) is 0. The molecule has 0 spiro atoms. The van der Waals surface area contributed by atoms with Gasteiger partial charge in [-0.05, 0) is 154 Å². The van der Waals surface area contributed by atoms with Gasteiger partial charge in [-0.3, -0.25) is 0 Å². The second kappa shape index (κ2) is 9.14. The van der Waals surface area contributed by atoms with E-state index in [1.54, 1.807) is 5.56 Å². The second-order valence-electron chi connectivity index (χ2n) is 15.9. The molecule has 0 amide bonds. The third-order valence-electron chi connectivity index (χ3n) is 13.3. The van der Waals surface area contributed by atoms with Crippen molar-refractivity contribution in [1.29, 1.82) is 0 Å². The Morgan fingerprint density at radius 3 is 1.31 bits per heavy atom. The molecule has 9 aromatic carbocycles. The highest BCUT2D eigenvalue weighted by atomic mass is 14.6. The van der Waals surface area contributed by atoms with Crippen molar-refractivity contribution in [1.82, 2.24) is 0 Å². The van der Waals surface area contributed by atoms with E-state index >= 15 is 0 Å². The molecule has 4 fully saturated rings. The predicted molar refractivity (Wildman–Crippen MR) is 205 cm³/mol. The highest BCUT2D eigenvalue weighted by Crippen LogP contribution is 2.63. The van der Waals surface area contributed by atoms with Crippen LogP contribution < -0.4 is 0 Å². The normalized spacial score (nSPS) is 23.6. The van der Waals surface area contributed by atoms with Crippen molar-refractivity contribution in [3.8, 4) is 22.3 Å². The zero-order valence-electron chi connectivity index (χ0n) is 27.1. The molecule has 0 unspecified atom stereocenters. The van der Waals surface area contributed by atoms with Gasteiger partial charge in [0, 0.05) is 0 Å². The van der Waals surface area contributed by atoms with Crippen molar-refractivity contribution >= 4 is 64.6 Å². The van der Waals surface area contributed by atoms with Crippen molar-refractivity contribution in [3.63, 3.8) is 0 Å². The molecule has 4 aliphatic carbocycles. The first-order chi connectivity index (χ1) is 23.7. The fourth-order valence-corrected chi connectivity index (χ4v) is 11.9. The molecule has 0 N–H and O–H groups in total. The Kier molecular flexibility index (Phi) is 4.97. The van der Waals surface area contributed by atoms with Crippen molar-refractivity contribution in [2.24, 2.45) is 17.8 Å². The highest BCUT2D eigenvalue weighted by molar-refractivity contribution is 6.28. The Balaban J connectivity index is 1.22. The first-order valence-corrected chi connectivity index (χ1v) is 18.2. The van der Waals surface area contributed by atoms with Gasteiger partial charge in [-0.25, -0.2) is 0 Å². The lowest BCUT2D eigenvalue weighted by Crippen LogP contribution is -2.48. The summed E-state index contributed by atoms with van der Waals surface area (Å²) in [6.45, 7) is 0. The summed E-state index contributed by atoms with van der Waals surface area (Å²) in [6.07, 6.45) is 8.46. The van der Waals surface area contributed by atoms with Gasteiger partial charge < -0.3 is 0 Å². The minimum absolute atomic E-state index is 0.272. The number of hydrogen-bond acceptors (Lipinski definition) is 0. The summed E-state index contributed by atoms with van der Waals surface area (Å²) in [5.74, 6) is 2.68. The third-order valence-corrected chi connectivity index (χ3v) is 13.3. The maximum absolute atomic E-state index is 2.56. The van der Waals surface area contributed by atoms with Crippen LogP contribution >= 0.6 is 0 Å². The Labute approximate surface area is 280 Å². The van der Waals surface area contributed by atoms with Crippen molar-refractivity contribution < 1.29 is 0 Å². The standard InChI is InChI=1S/C48H36/c1-4-31-10-12-35-14-18-37(39-19-15-33(6-1)43(31)45(35)39)38-8-3-9-42(48-25-28-22-29(26-48)24-30(23-28)27-48)47(38)41-21-17-36-13-11-32-5-2-7-34-16-20-40(41)46(36)44(32)34/h1-21,28-30H,22-27H2. The largest absolute Gasteiger partial charge is 0.0613 e. The molecule has 4 bridgehead atoms. The fourth-order valence-electron chi connectivity index (χ4n) is 11.9. The Hall–Kier alpha value is -4.94. The maximum atomic E-state index is 2.56. The van der Waals surface area contributed by atoms with Crippen LogP contribution in [0.1, 0.15) is 44.1 Å². The quantitative estimate of drug-likeness (QED) is 0.174. The summed E-state index contributed by atoms with van der Waals surface area (Å²) >= 11 is 0. The average molecular weight is 613 g/mol. The molecule has 0 atom stereocenters. The molecule has 0 heteroatoms. The van der Waals surface area contributed by atoms with Crippen LogP contribution in [0.25, 0.3) is 86.9 Å². The van der Waals surface area contributed by atoms with E-state index in [2.05, 4.69) is 127 Å². The first-order valence-electron chi connectivity index (χ1n) is 18.2. The molecular formula is C48H36. The van der Waals surface area contributed by atoms with Crippen molar-refractivity contribution in [2.45, 2.75) is 43.9 Å². The number of benzene rings is 9. The van der Waals surface area contributed by atoms with Gasteiger partial charge >= 0.3 is 0 Å². The van der Waals surface area contributed by atoms with Crippen LogP contribution in [0.2, 0.25) is 0 Å². The van der Waals surface area contributed by atoms with E-state index in [1.807, 2.05) is 0 Å². The lowest BCUT2D eigenvalue weighted by molar-refractivity contribution is -0.00490. The minimum atomic E-state index is 0.272. The molecule has 4 aliphatic rings. The van der Waals surface area contributed by atoms with Crippen LogP contribution in [0.3, 0.4) is 0 Å². The maximum Gasteiger partial charge on any atom is -0.00206 e.